The lowest BCUT2D eigenvalue weighted by molar-refractivity contribution is 0.163. The Morgan fingerprint density at radius 2 is 1.75 bits per heavy atom. The van der Waals surface area contributed by atoms with Crippen LogP contribution in [0.3, 0.4) is 0 Å². The maximum absolute atomic E-state index is 12.7. The third kappa shape index (κ3) is 3.62. The lowest BCUT2D eigenvalue weighted by Crippen LogP contribution is -2.09. The smallest absolute Gasteiger partial charge is 0.255 e. The van der Waals surface area contributed by atoms with E-state index in [9.17, 15) is 8.78 Å². The highest BCUT2D eigenvalue weighted by Gasteiger charge is 2.16. The van der Waals surface area contributed by atoms with Gasteiger partial charge in [0.15, 0.2) is 0 Å². The highest BCUT2D eigenvalue weighted by molar-refractivity contribution is 6.10. The van der Waals surface area contributed by atoms with E-state index in [-0.39, 0.29) is 6.54 Å². The Morgan fingerprint density at radius 3 is 2.47 bits per heavy atom. The van der Waals surface area contributed by atoms with Crippen LogP contribution in [0.5, 0.6) is 0 Å². The van der Waals surface area contributed by atoms with Gasteiger partial charge in [-0.05, 0) is 49.2 Å². The number of halogens is 2. The summed E-state index contributed by atoms with van der Waals surface area (Å²) >= 11 is 0. The molecule has 0 aliphatic heterocycles. The molecule has 3 aromatic carbocycles. The maximum Gasteiger partial charge on any atom is 0.255 e. The van der Waals surface area contributed by atoms with Gasteiger partial charge in [0, 0.05) is 34.1 Å². The molecular weight excluding hydrogens is 408 g/mol. The molecule has 32 heavy (non-hydrogen) atoms. The molecule has 0 spiro atoms. The summed E-state index contributed by atoms with van der Waals surface area (Å²) in [5, 5.41) is 9.03. The van der Waals surface area contributed by atoms with Gasteiger partial charge in [-0.25, -0.2) is 8.78 Å². The number of alkyl halides is 2. The number of nitrogens with zero attached hydrogens (tertiary/aromatic N) is 2. The van der Waals surface area contributed by atoms with Gasteiger partial charge in [0.25, 0.3) is 6.43 Å². The van der Waals surface area contributed by atoms with Crippen molar-refractivity contribution < 1.29 is 13.3 Å². The van der Waals surface area contributed by atoms with E-state index in [1.54, 1.807) is 0 Å². The Balaban J connectivity index is 1.71. The zero-order chi connectivity index (χ0) is 22.2. The second kappa shape index (κ2) is 8.11. The minimum Gasteiger partial charge on any atom is -0.379 e. The third-order valence-corrected chi connectivity index (χ3v) is 5.83. The van der Waals surface area contributed by atoms with Gasteiger partial charge in [-0.1, -0.05) is 47.6 Å². The van der Waals surface area contributed by atoms with E-state index in [1.807, 2.05) is 50.2 Å². The number of aromatic nitrogens is 2. The SMILES string of the molecule is Cc1noc(C)c1-c1ccc2c3cc(NCC(F)F)ccc3n(Cc3ccccc3)c2c1. The Kier molecular flexibility index (Phi) is 5.13. The zero-order valence-electron chi connectivity index (χ0n) is 17.9. The predicted octanol–water partition coefficient (Wildman–Crippen LogP) is 6.79. The van der Waals surface area contributed by atoms with E-state index in [2.05, 4.69) is 45.4 Å². The van der Waals surface area contributed by atoms with E-state index in [4.69, 9.17) is 4.52 Å². The number of hydrogen-bond acceptors (Lipinski definition) is 3. The molecule has 6 heteroatoms. The lowest BCUT2D eigenvalue weighted by Gasteiger charge is -2.10. The van der Waals surface area contributed by atoms with Gasteiger partial charge in [-0.15, -0.1) is 0 Å². The standard InChI is InChI=1S/C26H23F2N3O/c1-16-26(17(2)32-30-16)19-8-10-21-22-13-20(29-14-25(27)28)9-11-23(22)31(24(21)12-19)15-18-6-4-3-5-7-18/h3-13,25,29H,14-15H2,1-2H3. The summed E-state index contributed by atoms with van der Waals surface area (Å²) in [5.41, 5.74) is 6.91. The fourth-order valence-electron chi connectivity index (χ4n) is 4.39. The summed E-state index contributed by atoms with van der Waals surface area (Å²) < 4.78 is 33.1. The normalized spacial score (nSPS) is 11.7. The summed E-state index contributed by atoms with van der Waals surface area (Å²) in [6.07, 6.45) is -2.40. The quantitative estimate of drug-likeness (QED) is 0.322. The van der Waals surface area contributed by atoms with Crippen molar-refractivity contribution >= 4 is 27.5 Å². The average Bonchev–Trinajstić information content (AvgIpc) is 3.29. The highest BCUT2D eigenvalue weighted by atomic mass is 19.3. The van der Waals surface area contributed by atoms with Gasteiger partial charge in [0.2, 0.25) is 0 Å². The Labute approximate surface area is 184 Å². The van der Waals surface area contributed by atoms with E-state index < -0.39 is 6.43 Å². The van der Waals surface area contributed by atoms with Crippen molar-refractivity contribution in [3.8, 4) is 11.1 Å². The zero-order valence-corrected chi connectivity index (χ0v) is 17.9. The first-order chi connectivity index (χ1) is 15.5. The predicted molar refractivity (Wildman–Crippen MR) is 124 cm³/mol. The molecule has 5 aromatic rings. The third-order valence-electron chi connectivity index (χ3n) is 5.83. The molecule has 2 aromatic heterocycles. The van der Waals surface area contributed by atoms with Crippen LogP contribution in [-0.2, 0) is 6.54 Å². The number of anilines is 1. The molecule has 0 atom stereocenters. The molecule has 0 aliphatic rings. The number of hydrogen-bond donors (Lipinski definition) is 1. The molecule has 162 valence electrons. The number of aryl methyl sites for hydroxylation is 2. The fraction of sp³-hybridized carbons (Fsp3) is 0.192. The molecule has 5 rings (SSSR count). The van der Waals surface area contributed by atoms with Gasteiger partial charge in [0.05, 0.1) is 17.8 Å². The lowest BCUT2D eigenvalue weighted by atomic mass is 10.0. The number of rotatable bonds is 6. The maximum atomic E-state index is 12.7. The van der Waals surface area contributed by atoms with Gasteiger partial charge in [-0.3, -0.25) is 0 Å². The minimum atomic E-state index is -2.40. The number of nitrogens with one attached hydrogen (secondary N) is 1. The van der Waals surface area contributed by atoms with Crippen molar-refractivity contribution in [3.63, 3.8) is 0 Å². The molecule has 0 bridgehead atoms. The fourth-order valence-corrected chi connectivity index (χ4v) is 4.39. The average molecular weight is 431 g/mol. The summed E-state index contributed by atoms with van der Waals surface area (Å²) in [6.45, 7) is 4.19. The summed E-state index contributed by atoms with van der Waals surface area (Å²) in [7, 11) is 0. The number of fused-ring (bicyclic) bond motifs is 3. The van der Waals surface area contributed by atoms with Gasteiger partial charge in [-0.2, -0.15) is 0 Å². The molecule has 0 aliphatic carbocycles. The molecule has 0 amide bonds. The topological polar surface area (TPSA) is 43.0 Å². The second-order valence-electron chi connectivity index (χ2n) is 8.01. The molecule has 1 N–H and O–H groups in total. The first-order valence-corrected chi connectivity index (χ1v) is 10.6. The van der Waals surface area contributed by atoms with Crippen molar-refractivity contribution in [2.24, 2.45) is 0 Å². The van der Waals surface area contributed by atoms with Gasteiger partial charge < -0.3 is 14.4 Å². The Morgan fingerprint density at radius 1 is 0.938 bits per heavy atom. The molecule has 0 radical (unpaired) electrons. The van der Waals surface area contributed by atoms with Crippen LogP contribution in [-0.4, -0.2) is 22.7 Å². The minimum absolute atomic E-state index is 0.371. The molecule has 0 saturated heterocycles. The summed E-state index contributed by atoms with van der Waals surface area (Å²) in [6, 6.07) is 22.4. The Hall–Kier alpha value is -3.67. The van der Waals surface area contributed by atoms with E-state index in [0.717, 1.165) is 44.4 Å². The molecule has 2 heterocycles. The molecule has 0 saturated carbocycles. The molecule has 0 unspecified atom stereocenters. The van der Waals surface area contributed by atoms with Crippen LogP contribution in [0.1, 0.15) is 17.0 Å². The summed E-state index contributed by atoms with van der Waals surface area (Å²) in [5.74, 6) is 0.783. The van der Waals surface area contributed by atoms with Gasteiger partial charge >= 0.3 is 0 Å². The van der Waals surface area contributed by atoms with Crippen LogP contribution >= 0.6 is 0 Å². The van der Waals surface area contributed by atoms with Crippen molar-refractivity contribution in [1.29, 1.82) is 0 Å². The van der Waals surface area contributed by atoms with Crippen LogP contribution in [0.2, 0.25) is 0 Å². The van der Waals surface area contributed by atoms with Crippen molar-refractivity contribution in [3.05, 3.63) is 83.7 Å². The van der Waals surface area contributed by atoms with Crippen LogP contribution in [0.15, 0.2) is 71.3 Å². The number of benzene rings is 3. The Bertz CT molecular complexity index is 1380. The first-order valence-electron chi connectivity index (χ1n) is 10.6. The summed E-state index contributed by atoms with van der Waals surface area (Å²) in [4.78, 5) is 0. The first kappa shape index (κ1) is 20.2. The van der Waals surface area contributed by atoms with Gasteiger partial charge in [0.1, 0.15) is 5.76 Å². The largest absolute Gasteiger partial charge is 0.379 e. The molecule has 0 fully saturated rings. The second-order valence-corrected chi connectivity index (χ2v) is 8.01. The van der Waals surface area contributed by atoms with E-state index in [1.165, 1.54) is 5.56 Å². The van der Waals surface area contributed by atoms with Crippen LogP contribution < -0.4 is 5.32 Å². The van der Waals surface area contributed by atoms with Crippen LogP contribution in [0.25, 0.3) is 32.9 Å². The van der Waals surface area contributed by atoms with E-state index in [0.29, 0.717) is 12.2 Å². The van der Waals surface area contributed by atoms with Crippen LogP contribution in [0, 0.1) is 13.8 Å². The van der Waals surface area contributed by atoms with Crippen molar-refractivity contribution in [2.45, 2.75) is 26.8 Å². The highest BCUT2D eigenvalue weighted by Crippen LogP contribution is 2.36. The monoisotopic (exact) mass is 431 g/mol. The van der Waals surface area contributed by atoms with Crippen molar-refractivity contribution in [2.75, 3.05) is 11.9 Å². The molecular formula is C26H23F2N3O. The van der Waals surface area contributed by atoms with E-state index >= 15 is 0 Å². The van der Waals surface area contributed by atoms with Crippen LogP contribution in [0.4, 0.5) is 14.5 Å². The molecule has 4 nitrogen and oxygen atoms in total. The van der Waals surface area contributed by atoms with Crippen molar-refractivity contribution in [1.82, 2.24) is 9.72 Å².